The van der Waals surface area contributed by atoms with Crippen LogP contribution in [0.2, 0.25) is 0 Å². The maximum atomic E-state index is 5.55. The number of likely N-dealkylation sites (tertiary alicyclic amines) is 1. The fourth-order valence-corrected chi connectivity index (χ4v) is 6.08. The number of hydrogen-bond acceptors (Lipinski definition) is 2. The van der Waals surface area contributed by atoms with E-state index in [1.165, 1.54) is 45.1 Å². The molecule has 1 aromatic rings. The molecule has 0 amide bonds. The lowest BCUT2D eigenvalue weighted by Crippen LogP contribution is -2.63. The van der Waals surface area contributed by atoms with Gasteiger partial charge in [0.05, 0.1) is 7.11 Å². The van der Waals surface area contributed by atoms with Gasteiger partial charge in [-0.2, -0.15) is 0 Å². The number of piperidine rings is 1. The molecule has 22 heavy (non-hydrogen) atoms. The molecule has 1 saturated carbocycles. The minimum Gasteiger partial charge on any atom is -0.497 e. The van der Waals surface area contributed by atoms with Crippen molar-refractivity contribution < 1.29 is 4.74 Å². The molecule has 2 nitrogen and oxygen atoms in total. The first-order valence-electron chi connectivity index (χ1n) is 9.12. The van der Waals surface area contributed by atoms with Gasteiger partial charge in [-0.05, 0) is 68.3 Å². The Labute approximate surface area is 134 Å². The second kappa shape index (κ2) is 5.26. The minimum atomic E-state index is 0.427. The first-order chi connectivity index (χ1) is 10.7. The summed E-state index contributed by atoms with van der Waals surface area (Å²) in [6, 6.07) is 8.35. The van der Waals surface area contributed by atoms with Gasteiger partial charge in [-0.25, -0.2) is 0 Å². The molecule has 0 spiro atoms. The van der Waals surface area contributed by atoms with Crippen LogP contribution in [0.15, 0.2) is 18.2 Å². The van der Waals surface area contributed by atoms with Crippen molar-refractivity contribution in [1.82, 2.24) is 4.90 Å². The zero-order chi connectivity index (χ0) is 15.3. The van der Waals surface area contributed by atoms with Crippen LogP contribution in [0.4, 0.5) is 0 Å². The Balaban J connectivity index is 1.87. The molecule has 3 aliphatic rings. The second-order valence-corrected chi connectivity index (χ2v) is 7.69. The fourth-order valence-electron chi connectivity index (χ4n) is 6.08. The number of hydrogen-bond donors (Lipinski definition) is 0. The lowest BCUT2D eigenvalue weighted by atomic mass is 9.51. The van der Waals surface area contributed by atoms with E-state index < -0.39 is 0 Å². The Morgan fingerprint density at radius 3 is 2.95 bits per heavy atom. The fraction of sp³-hybridized carbons (Fsp3) is 0.700. The van der Waals surface area contributed by atoms with Crippen molar-refractivity contribution in [3.8, 4) is 5.75 Å². The number of methoxy groups -OCH3 is 1. The molecular formula is C20H29NO. The van der Waals surface area contributed by atoms with Crippen molar-refractivity contribution >= 4 is 0 Å². The number of benzene rings is 1. The van der Waals surface area contributed by atoms with Crippen molar-refractivity contribution in [3.63, 3.8) is 0 Å². The highest BCUT2D eigenvalue weighted by Gasteiger charge is 2.55. The van der Waals surface area contributed by atoms with Crippen LogP contribution in [0.1, 0.15) is 57.1 Å². The number of nitrogens with zero attached hydrogens (tertiary/aromatic N) is 1. The SMILES string of the molecule is CCN1[C@H](C)C[C@@]23CCCCC2[C@@H]1Cc1ccc(OC)cc13. The highest BCUT2D eigenvalue weighted by molar-refractivity contribution is 5.45. The molecule has 2 bridgehead atoms. The molecule has 1 aliphatic heterocycles. The normalized spacial score (nSPS) is 37.3. The van der Waals surface area contributed by atoms with Crippen LogP contribution >= 0.6 is 0 Å². The third-order valence-corrected chi connectivity index (χ3v) is 6.86. The highest BCUT2D eigenvalue weighted by Crippen LogP contribution is 2.57. The van der Waals surface area contributed by atoms with E-state index in [1.54, 1.807) is 18.2 Å². The zero-order valence-electron chi connectivity index (χ0n) is 14.3. The second-order valence-electron chi connectivity index (χ2n) is 7.69. The van der Waals surface area contributed by atoms with Crippen LogP contribution in [-0.2, 0) is 11.8 Å². The van der Waals surface area contributed by atoms with E-state index in [9.17, 15) is 0 Å². The van der Waals surface area contributed by atoms with Gasteiger partial charge in [0.25, 0.3) is 0 Å². The molecule has 1 heterocycles. The zero-order valence-corrected chi connectivity index (χ0v) is 14.3. The van der Waals surface area contributed by atoms with Crippen LogP contribution in [0.25, 0.3) is 0 Å². The van der Waals surface area contributed by atoms with Crippen LogP contribution in [0.5, 0.6) is 5.75 Å². The summed E-state index contributed by atoms with van der Waals surface area (Å²) in [6.45, 7) is 5.99. The van der Waals surface area contributed by atoms with Gasteiger partial charge in [0.2, 0.25) is 0 Å². The predicted molar refractivity (Wildman–Crippen MR) is 90.6 cm³/mol. The molecule has 120 valence electrons. The summed E-state index contributed by atoms with van der Waals surface area (Å²) in [5.41, 5.74) is 3.65. The highest BCUT2D eigenvalue weighted by atomic mass is 16.5. The van der Waals surface area contributed by atoms with E-state index >= 15 is 0 Å². The lowest BCUT2D eigenvalue weighted by Gasteiger charge is -2.61. The quantitative estimate of drug-likeness (QED) is 0.813. The molecule has 1 aromatic carbocycles. The molecule has 1 saturated heterocycles. The van der Waals surface area contributed by atoms with Crippen LogP contribution < -0.4 is 4.74 Å². The van der Waals surface area contributed by atoms with Crippen molar-refractivity contribution in [2.75, 3.05) is 13.7 Å². The van der Waals surface area contributed by atoms with Gasteiger partial charge in [-0.1, -0.05) is 25.8 Å². The summed E-state index contributed by atoms with van der Waals surface area (Å²) in [6.07, 6.45) is 8.21. The Hall–Kier alpha value is -1.02. The Morgan fingerprint density at radius 2 is 2.18 bits per heavy atom. The van der Waals surface area contributed by atoms with E-state index in [0.29, 0.717) is 11.5 Å². The molecule has 2 fully saturated rings. The molecule has 0 aromatic heterocycles. The van der Waals surface area contributed by atoms with Crippen molar-refractivity contribution in [2.45, 2.75) is 69.9 Å². The standard InChI is InChI=1S/C20H29NO/c1-4-21-14(2)13-20-10-6-5-7-17(20)19(21)11-15-8-9-16(22-3)12-18(15)20/h8-9,12,14,17,19H,4-7,10-11,13H2,1-3H3/t14-,17?,19+,20+/m1/s1. The first-order valence-corrected chi connectivity index (χ1v) is 9.12. The van der Waals surface area contributed by atoms with Crippen LogP contribution in [-0.4, -0.2) is 30.6 Å². The number of likely N-dealkylation sites (N-methyl/N-ethyl adjacent to an activating group) is 1. The molecule has 0 N–H and O–H groups in total. The molecule has 1 unspecified atom stereocenters. The summed E-state index contributed by atoms with van der Waals surface area (Å²) in [5.74, 6) is 1.90. The number of fused-ring (bicyclic) bond motifs is 1. The van der Waals surface area contributed by atoms with E-state index in [0.717, 1.165) is 17.7 Å². The summed E-state index contributed by atoms with van der Waals surface area (Å²) >= 11 is 0. The van der Waals surface area contributed by atoms with E-state index in [2.05, 4.69) is 36.9 Å². The van der Waals surface area contributed by atoms with Crippen LogP contribution in [0.3, 0.4) is 0 Å². The Morgan fingerprint density at radius 1 is 1.32 bits per heavy atom. The maximum absolute atomic E-state index is 5.55. The molecular weight excluding hydrogens is 270 g/mol. The number of ether oxygens (including phenoxy) is 1. The third kappa shape index (κ3) is 1.89. The van der Waals surface area contributed by atoms with Gasteiger partial charge in [0.15, 0.2) is 0 Å². The van der Waals surface area contributed by atoms with Crippen molar-refractivity contribution in [1.29, 1.82) is 0 Å². The average molecular weight is 299 g/mol. The molecule has 2 aliphatic carbocycles. The van der Waals surface area contributed by atoms with Crippen LogP contribution in [0, 0.1) is 5.92 Å². The van der Waals surface area contributed by atoms with E-state index in [1.807, 2.05) is 0 Å². The van der Waals surface area contributed by atoms with Gasteiger partial charge >= 0.3 is 0 Å². The van der Waals surface area contributed by atoms with E-state index in [-0.39, 0.29) is 0 Å². The number of rotatable bonds is 2. The Bertz CT molecular complexity index is 569. The summed E-state index contributed by atoms with van der Waals surface area (Å²) in [7, 11) is 1.80. The molecule has 2 heteroatoms. The maximum Gasteiger partial charge on any atom is 0.119 e. The van der Waals surface area contributed by atoms with E-state index in [4.69, 9.17) is 4.74 Å². The Kier molecular flexibility index (Phi) is 3.48. The topological polar surface area (TPSA) is 12.5 Å². The molecule has 4 rings (SSSR count). The van der Waals surface area contributed by atoms with Crippen molar-refractivity contribution in [2.24, 2.45) is 5.92 Å². The van der Waals surface area contributed by atoms with Crippen molar-refractivity contribution in [3.05, 3.63) is 29.3 Å². The third-order valence-electron chi connectivity index (χ3n) is 6.86. The predicted octanol–water partition coefficient (Wildman–Crippen LogP) is 4.16. The lowest BCUT2D eigenvalue weighted by molar-refractivity contribution is -0.0400. The van der Waals surface area contributed by atoms with Gasteiger partial charge in [-0.3, -0.25) is 4.90 Å². The molecule has 4 atom stereocenters. The monoisotopic (exact) mass is 299 g/mol. The van der Waals surface area contributed by atoms with Gasteiger partial charge in [0, 0.05) is 17.5 Å². The first kappa shape index (κ1) is 14.6. The summed E-state index contributed by atoms with van der Waals surface area (Å²) in [5, 5.41) is 0. The van der Waals surface area contributed by atoms with Gasteiger partial charge < -0.3 is 4.74 Å². The van der Waals surface area contributed by atoms with Gasteiger partial charge in [-0.15, -0.1) is 0 Å². The molecule has 0 radical (unpaired) electrons. The smallest absolute Gasteiger partial charge is 0.119 e. The minimum absolute atomic E-state index is 0.427. The summed E-state index contributed by atoms with van der Waals surface area (Å²) in [4.78, 5) is 2.79. The average Bonchev–Trinajstić information content (AvgIpc) is 2.54. The van der Waals surface area contributed by atoms with Gasteiger partial charge in [0.1, 0.15) is 5.75 Å². The largest absolute Gasteiger partial charge is 0.497 e. The summed E-state index contributed by atoms with van der Waals surface area (Å²) < 4.78 is 5.55.